The number of carbonyl (C=O) groups excluding carboxylic acids is 1. The maximum absolute atomic E-state index is 12.4. The third kappa shape index (κ3) is 6.54. The van der Waals surface area contributed by atoms with E-state index in [1.165, 1.54) is 6.07 Å². The molecule has 1 atom stereocenters. The van der Waals surface area contributed by atoms with Crippen molar-refractivity contribution in [3.63, 3.8) is 0 Å². The van der Waals surface area contributed by atoms with Crippen LogP contribution in [0.4, 0.5) is 0 Å². The molecule has 29 heavy (non-hydrogen) atoms. The highest BCUT2D eigenvalue weighted by Gasteiger charge is 2.22. The molecule has 1 amide bonds. The Hall–Kier alpha value is -1.93. The van der Waals surface area contributed by atoms with Gasteiger partial charge in [-0.2, -0.15) is 0 Å². The fraction of sp³-hybridized carbons (Fsp3) is 0.381. The molecular formula is C21H25ClN2O4S. The summed E-state index contributed by atoms with van der Waals surface area (Å²) in [4.78, 5) is 14.8. The van der Waals surface area contributed by atoms with E-state index in [0.29, 0.717) is 30.3 Å². The number of hydrogen-bond acceptors (Lipinski definition) is 5. The maximum atomic E-state index is 12.4. The normalized spacial score (nSPS) is 17.8. The van der Waals surface area contributed by atoms with E-state index < -0.39 is 9.84 Å². The smallest absolute Gasteiger partial charge is 0.224 e. The minimum absolute atomic E-state index is 0.0161. The number of sulfone groups is 1. The zero-order chi connectivity index (χ0) is 20.9. The highest BCUT2D eigenvalue weighted by atomic mass is 35.5. The van der Waals surface area contributed by atoms with E-state index in [9.17, 15) is 13.2 Å². The molecule has 0 aliphatic carbocycles. The lowest BCUT2D eigenvalue weighted by Crippen LogP contribution is -2.47. The zero-order valence-electron chi connectivity index (χ0n) is 16.3. The van der Waals surface area contributed by atoms with Crippen molar-refractivity contribution in [2.75, 3.05) is 32.5 Å². The van der Waals surface area contributed by atoms with Gasteiger partial charge in [-0.15, -0.1) is 0 Å². The largest absolute Gasteiger partial charge is 0.374 e. The van der Waals surface area contributed by atoms with Crippen LogP contribution in [-0.2, 0) is 32.3 Å². The topological polar surface area (TPSA) is 75.7 Å². The molecule has 1 N–H and O–H groups in total. The highest BCUT2D eigenvalue weighted by molar-refractivity contribution is 7.90. The van der Waals surface area contributed by atoms with Gasteiger partial charge in [-0.1, -0.05) is 41.9 Å². The van der Waals surface area contributed by atoms with Gasteiger partial charge in [0, 0.05) is 37.5 Å². The lowest BCUT2D eigenvalue weighted by molar-refractivity contribution is -0.121. The standard InChI is InChI=1S/C21H25ClN2O4S/c1-29(26,27)20-8-3-2-6-17(20)12-21(25)23-13-19-15-24(9-10-28-19)14-16-5-4-7-18(22)11-16/h2-8,11,19H,9-10,12-15H2,1H3,(H,23,25). The van der Waals surface area contributed by atoms with Gasteiger partial charge in [0.1, 0.15) is 0 Å². The average Bonchev–Trinajstić information content (AvgIpc) is 2.66. The Morgan fingerprint density at radius 2 is 2.03 bits per heavy atom. The van der Waals surface area contributed by atoms with E-state index in [-0.39, 0.29) is 23.3 Å². The minimum atomic E-state index is -3.38. The van der Waals surface area contributed by atoms with Crippen LogP contribution in [0.15, 0.2) is 53.4 Å². The van der Waals surface area contributed by atoms with Gasteiger partial charge in [0.15, 0.2) is 9.84 Å². The van der Waals surface area contributed by atoms with Crippen LogP contribution < -0.4 is 5.32 Å². The number of hydrogen-bond donors (Lipinski definition) is 1. The second-order valence-electron chi connectivity index (χ2n) is 7.22. The third-order valence-corrected chi connectivity index (χ3v) is 6.20. The van der Waals surface area contributed by atoms with Crippen molar-refractivity contribution >= 4 is 27.3 Å². The Morgan fingerprint density at radius 1 is 1.24 bits per heavy atom. The molecule has 0 spiro atoms. The van der Waals surface area contributed by atoms with E-state index in [4.69, 9.17) is 16.3 Å². The number of nitrogens with one attached hydrogen (secondary N) is 1. The molecule has 3 rings (SSSR count). The van der Waals surface area contributed by atoms with Gasteiger partial charge in [-0.25, -0.2) is 8.42 Å². The Bertz CT molecular complexity index is 965. The van der Waals surface area contributed by atoms with E-state index in [2.05, 4.69) is 10.2 Å². The molecule has 0 bridgehead atoms. The molecule has 0 aromatic heterocycles. The summed E-state index contributed by atoms with van der Waals surface area (Å²) in [6, 6.07) is 14.4. The van der Waals surface area contributed by atoms with Crippen LogP contribution in [0.3, 0.4) is 0 Å². The zero-order valence-corrected chi connectivity index (χ0v) is 17.9. The summed E-state index contributed by atoms with van der Waals surface area (Å²) in [5.74, 6) is -0.225. The lowest BCUT2D eigenvalue weighted by Gasteiger charge is -2.33. The van der Waals surface area contributed by atoms with Crippen molar-refractivity contribution in [2.24, 2.45) is 0 Å². The van der Waals surface area contributed by atoms with Gasteiger partial charge in [-0.05, 0) is 29.3 Å². The van der Waals surface area contributed by atoms with Crippen molar-refractivity contribution in [1.29, 1.82) is 0 Å². The maximum Gasteiger partial charge on any atom is 0.224 e. The molecule has 1 unspecified atom stereocenters. The Labute approximate surface area is 176 Å². The molecule has 0 saturated carbocycles. The summed E-state index contributed by atoms with van der Waals surface area (Å²) < 4.78 is 29.5. The summed E-state index contributed by atoms with van der Waals surface area (Å²) in [6.07, 6.45) is 1.05. The number of benzene rings is 2. The number of ether oxygens (including phenoxy) is 1. The average molecular weight is 437 g/mol. The first kappa shape index (κ1) is 21.8. The quantitative estimate of drug-likeness (QED) is 0.720. The first-order valence-corrected chi connectivity index (χ1v) is 11.7. The van der Waals surface area contributed by atoms with Crippen molar-refractivity contribution < 1.29 is 17.9 Å². The Balaban J connectivity index is 1.51. The predicted molar refractivity (Wildman–Crippen MR) is 113 cm³/mol. The van der Waals surface area contributed by atoms with Crippen LogP contribution in [0.25, 0.3) is 0 Å². The monoisotopic (exact) mass is 436 g/mol. The van der Waals surface area contributed by atoms with Crippen molar-refractivity contribution in [1.82, 2.24) is 10.2 Å². The Kier molecular flexibility index (Phi) is 7.29. The van der Waals surface area contributed by atoms with Gasteiger partial charge in [0.25, 0.3) is 0 Å². The van der Waals surface area contributed by atoms with Crippen LogP contribution in [0.1, 0.15) is 11.1 Å². The van der Waals surface area contributed by atoms with Crippen molar-refractivity contribution in [3.8, 4) is 0 Å². The Morgan fingerprint density at radius 3 is 2.79 bits per heavy atom. The SMILES string of the molecule is CS(=O)(=O)c1ccccc1CC(=O)NCC1CN(Cc2cccc(Cl)c2)CCO1. The first-order valence-electron chi connectivity index (χ1n) is 9.44. The molecule has 156 valence electrons. The molecule has 1 aliphatic rings. The second kappa shape index (κ2) is 9.71. The summed E-state index contributed by atoms with van der Waals surface area (Å²) in [7, 11) is -3.38. The molecular weight excluding hydrogens is 412 g/mol. The fourth-order valence-electron chi connectivity index (χ4n) is 3.42. The summed E-state index contributed by atoms with van der Waals surface area (Å²) in [5.41, 5.74) is 1.64. The van der Waals surface area contributed by atoms with Crippen molar-refractivity contribution in [2.45, 2.75) is 24.0 Å². The number of amides is 1. The van der Waals surface area contributed by atoms with Crippen LogP contribution >= 0.6 is 11.6 Å². The summed E-state index contributed by atoms with van der Waals surface area (Å²) in [5, 5.41) is 3.58. The van der Waals surface area contributed by atoms with E-state index in [1.807, 2.05) is 24.3 Å². The summed E-state index contributed by atoms with van der Waals surface area (Å²) >= 11 is 6.05. The van der Waals surface area contributed by atoms with Gasteiger partial charge >= 0.3 is 0 Å². The van der Waals surface area contributed by atoms with Gasteiger partial charge in [0.2, 0.25) is 5.91 Å². The van der Waals surface area contributed by atoms with Crippen LogP contribution in [0.2, 0.25) is 5.02 Å². The number of carbonyl (C=O) groups is 1. The molecule has 2 aromatic carbocycles. The van der Waals surface area contributed by atoms with Crippen LogP contribution in [0, 0.1) is 0 Å². The number of morpholine rings is 1. The minimum Gasteiger partial charge on any atom is -0.374 e. The van der Waals surface area contributed by atoms with Crippen LogP contribution in [-0.4, -0.2) is 57.8 Å². The molecule has 2 aromatic rings. The summed E-state index contributed by atoms with van der Waals surface area (Å²) in [6.45, 7) is 3.27. The van der Waals surface area contributed by atoms with Crippen molar-refractivity contribution in [3.05, 3.63) is 64.7 Å². The number of halogens is 1. The van der Waals surface area contributed by atoms with E-state index in [0.717, 1.165) is 24.9 Å². The van der Waals surface area contributed by atoms with Gasteiger partial charge in [-0.3, -0.25) is 9.69 Å². The van der Waals surface area contributed by atoms with Gasteiger partial charge in [0.05, 0.1) is 24.0 Å². The number of rotatable bonds is 7. The van der Waals surface area contributed by atoms with Gasteiger partial charge < -0.3 is 10.1 Å². The first-order chi connectivity index (χ1) is 13.8. The molecule has 8 heteroatoms. The molecule has 1 aliphatic heterocycles. The third-order valence-electron chi connectivity index (χ3n) is 4.77. The van der Waals surface area contributed by atoms with E-state index >= 15 is 0 Å². The van der Waals surface area contributed by atoms with Crippen LogP contribution in [0.5, 0.6) is 0 Å². The molecule has 1 fully saturated rings. The highest BCUT2D eigenvalue weighted by Crippen LogP contribution is 2.16. The fourth-order valence-corrected chi connectivity index (χ4v) is 4.57. The molecule has 1 heterocycles. The molecule has 1 saturated heterocycles. The lowest BCUT2D eigenvalue weighted by atomic mass is 10.1. The van der Waals surface area contributed by atoms with E-state index in [1.54, 1.807) is 18.2 Å². The number of nitrogens with zero attached hydrogens (tertiary/aromatic N) is 1. The molecule has 6 nitrogen and oxygen atoms in total. The second-order valence-corrected chi connectivity index (χ2v) is 9.64. The molecule has 0 radical (unpaired) electrons. The predicted octanol–water partition coefficient (Wildman–Crippen LogP) is 2.30.